The number of rotatable bonds is 0. The van der Waals surface area contributed by atoms with Gasteiger partial charge in [-0.2, -0.15) is 10.5 Å². The first kappa shape index (κ1) is 93.1. The summed E-state index contributed by atoms with van der Waals surface area (Å²) < 4.78 is 11.7. The summed E-state index contributed by atoms with van der Waals surface area (Å²) in [6.07, 6.45) is 2.86. The molecule has 342 valence electrons. The Kier molecular flexibility index (Phi) is 160. The second kappa shape index (κ2) is 97.9. The normalized spacial score (nSPS) is 6.14. The second-order valence-corrected chi connectivity index (χ2v) is 6.95. The average Bonchev–Trinajstić information content (AvgIpc) is 3.11. The van der Waals surface area contributed by atoms with Gasteiger partial charge in [-0.1, -0.05) is 55.4 Å². The lowest BCUT2D eigenvalue weighted by Gasteiger charge is -2.07. The van der Waals surface area contributed by atoms with Crippen molar-refractivity contribution in [3.05, 3.63) is 0 Å². The van der Waals surface area contributed by atoms with E-state index >= 15 is 0 Å². The summed E-state index contributed by atoms with van der Waals surface area (Å²) in [6, 6.07) is 0. The van der Waals surface area contributed by atoms with E-state index in [4.69, 9.17) is 55.2 Å². The average molecular weight is 839 g/mol. The second-order valence-electron chi connectivity index (χ2n) is 6.95. The van der Waals surface area contributed by atoms with Gasteiger partial charge in [-0.3, -0.25) is 57.7 Å². The molecule has 4 amide bonds. The Hall–Kier alpha value is -6.16. The molecule has 0 bridgehead atoms. The highest BCUT2D eigenvalue weighted by molar-refractivity contribution is 5.92. The largest absolute Gasteiger partial charge is 0.481 e. The highest BCUT2D eigenvalue weighted by Gasteiger charge is 2.05. The Morgan fingerprint density at radius 2 is 0.491 bits per heavy atom. The molecule has 0 radical (unpaired) electrons. The van der Waals surface area contributed by atoms with Crippen LogP contribution in [-0.4, -0.2) is 130 Å². The van der Waals surface area contributed by atoms with Crippen LogP contribution in [0.15, 0.2) is 0 Å². The van der Waals surface area contributed by atoms with Gasteiger partial charge in [0.15, 0.2) is 0 Å². The molecule has 57 heavy (non-hydrogen) atoms. The number of hydrogen-bond donors (Lipinski definition) is 5. The summed E-state index contributed by atoms with van der Waals surface area (Å²) in [4.78, 5) is 98.9. The van der Waals surface area contributed by atoms with Gasteiger partial charge >= 0.3 is 11.9 Å². The third-order valence-electron chi connectivity index (χ3n) is 2.36. The van der Waals surface area contributed by atoms with E-state index in [0.717, 1.165) is 44.6 Å². The Morgan fingerprint density at radius 3 is 0.491 bits per heavy atom. The highest BCUT2D eigenvalue weighted by Crippen LogP contribution is 1.82. The smallest absolute Gasteiger partial charge is 0.310 e. The molecule has 5 N–H and O–H groups in total. The molecular weight excluding hydrogens is 764 g/mol. The molecule has 0 aliphatic rings. The number of esters is 2. The van der Waals surface area contributed by atoms with Crippen LogP contribution >= 0.6 is 0 Å². The fourth-order valence-electron chi connectivity index (χ4n) is 0.646. The predicted octanol–water partition coefficient (Wildman–Crippen LogP) is 4.42. The quantitative estimate of drug-likeness (QED) is 0.128. The van der Waals surface area contributed by atoms with Crippen molar-refractivity contribution in [1.29, 1.82) is 10.5 Å². The molecule has 22 heteroatoms. The lowest BCUT2D eigenvalue weighted by Crippen LogP contribution is -2.28. The molecule has 0 aliphatic heterocycles. The molecule has 0 fully saturated rings. The summed E-state index contributed by atoms with van der Waals surface area (Å²) in [5, 5.41) is 51.5. The van der Waals surface area contributed by atoms with Crippen molar-refractivity contribution in [2.45, 2.75) is 125 Å². The van der Waals surface area contributed by atoms with Crippen LogP contribution in [0.3, 0.4) is 0 Å². The van der Waals surface area contributed by atoms with Crippen LogP contribution in [0.4, 0.5) is 0 Å². The number of methoxy groups -OCH3 is 2. The number of aliphatic hydroxyl groups is 1. The van der Waals surface area contributed by atoms with Gasteiger partial charge < -0.3 is 39.7 Å². The molecule has 0 aromatic heterocycles. The lowest BCUT2D eigenvalue weighted by atomic mass is 10.5. The summed E-state index contributed by atoms with van der Waals surface area (Å²) in [5.74, 6) is -5.36. The SMILES string of the molecule is CC.CC.CC.CC.CC(=O)N(C)C(C)=O.CC(=O)N(C)C(C)=O.CC(=O)O.CC(=O)O.CC(=O)O.CC(=O)O.CC(=O)OC(C)=O.CO.COC#N.COC#N. The van der Waals surface area contributed by atoms with Gasteiger partial charge in [-0.25, -0.2) is 0 Å². The molecule has 0 aromatic carbocycles. The zero-order valence-corrected chi connectivity index (χ0v) is 38.3. The summed E-state index contributed by atoms with van der Waals surface area (Å²) in [6.45, 7) is 28.1. The number of carbonyl (C=O) groups excluding carboxylic acids is 6. The number of carboxylic acid groups (broad SMARTS) is 4. The standard InChI is InChI=1S/2C5H9NO2.C4H6O3.2C2H3NO.4C2H4O2.4C2H6.CH4O/c2*1-4(7)6(3)5(2)8;1-3(5)7-4(2)6;2*1-4-2-3;4*1-2(3)4;5*1-2/h2*1-3H3;1-2H3;2*1H3;4*1H3,(H,3,4);4*1-2H3;2H,1H3. The van der Waals surface area contributed by atoms with Crippen LogP contribution < -0.4 is 0 Å². The minimum atomic E-state index is -0.833. The molecule has 0 atom stereocenters. The number of aliphatic carboxylic acids is 4. The van der Waals surface area contributed by atoms with E-state index < -0.39 is 35.8 Å². The van der Waals surface area contributed by atoms with Gasteiger partial charge in [-0.15, -0.1) is 0 Å². The van der Waals surface area contributed by atoms with Crippen molar-refractivity contribution in [3.8, 4) is 12.5 Å². The van der Waals surface area contributed by atoms with Crippen LogP contribution in [-0.2, 0) is 62.2 Å². The third-order valence-corrected chi connectivity index (χ3v) is 2.36. The number of amides is 4. The van der Waals surface area contributed by atoms with Crippen molar-refractivity contribution < 1.29 is 87.7 Å². The zero-order valence-electron chi connectivity index (χ0n) is 38.3. The van der Waals surface area contributed by atoms with Gasteiger partial charge in [-0.05, 0) is 0 Å². The molecule has 0 rings (SSSR count). The number of imide groups is 2. The summed E-state index contributed by atoms with van der Waals surface area (Å²) in [5.41, 5.74) is 0. The fraction of sp³-hybridized carbons (Fsp3) is 0.657. The molecule has 0 unspecified atom stereocenters. The van der Waals surface area contributed by atoms with Crippen molar-refractivity contribution in [2.75, 3.05) is 35.4 Å². The first-order valence-corrected chi connectivity index (χ1v) is 16.3. The lowest BCUT2D eigenvalue weighted by molar-refractivity contribution is -0.156. The highest BCUT2D eigenvalue weighted by atomic mass is 16.6. The van der Waals surface area contributed by atoms with Crippen molar-refractivity contribution in [3.63, 3.8) is 0 Å². The molecule has 0 aromatic rings. The van der Waals surface area contributed by atoms with Crippen molar-refractivity contribution in [2.24, 2.45) is 0 Å². The number of carbonyl (C=O) groups is 10. The monoisotopic (exact) mass is 838 g/mol. The van der Waals surface area contributed by atoms with Gasteiger partial charge in [0.2, 0.25) is 23.6 Å². The van der Waals surface area contributed by atoms with E-state index in [1.54, 1.807) is 0 Å². The van der Waals surface area contributed by atoms with Crippen LogP contribution in [0.1, 0.15) is 125 Å². The van der Waals surface area contributed by atoms with Crippen molar-refractivity contribution in [1.82, 2.24) is 9.80 Å². The van der Waals surface area contributed by atoms with Crippen LogP contribution in [0.5, 0.6) is 0 Å². The maximum atomic E-state index is 10.3. The molecule has 0 spiro atoms. The molecule has 0 saturated heterocycles. The fourth-order valence-corrected chi connectivity index (χ4v) is 0.646. The summed E-state index contributed by atoms with van der Waals surface area (Å²) in [7, 11) is 6.54. The van der Waals surface area contributed by atoms with Crippen LogP contribution in [0.25, 0.3) is 0 Å². The maximum Gasteiger partial charge on any atom is 0.310 e. The van der Waals surface area contributed by atoms with E-state index in [0.29, 0.717) is 0 Å². The van der Waals surface area contributed by atoms with Gasteiger partial charge in [0.05, 0.1) is 14.2 Å². The number of aliphatic hydroxyl groups excluding tert-OH is 1. The van der Waals surface area contributed by atoms with E-state index in [1.807, 2.05) is 55.4 Å². The van der Waals surface area contributed by atoms with Gasteiger partial charge in [0, 0.05) is 90.4 Å². The number of ether oxygens (including phenoxy) is 3. The molecular formula is C35H74N4O18. The number of nitriles is 2. The molecule has 0 heterocycles. The Labute approximate surface area is 339 Å². The van der Waals surface area contributed by atoms with Crippen LogP contribution in [0.2, 0.25) is 0 Å². The Balaban J connectivity index is -0.0000000300. The zero-order chi connectivity index (χ0) is 50.5. The molecule has 22 nitrogen and oxygen atoms in total. The third kappa shape index (κ3) is 455. The molecule has 0 saturated carbocycles. The minimum Gasteiger partial charge on any atom is -0.481 e. The van der Waals surface area contributed by atoms with E-state index in [9.17, 15) is 28.8 Å². The number of hydrogen-bond acceptors (Lipinski definition) is 16. The van der Waals surface area contributed by atoms with Crippen molar-refractivity contribution >= 4 is 59.4 Å². The Bertz CT molecular complexity index is 890. The number of nitrogens with zero attached hydrogens (tertiary/aromatic N) is 4. The first-order chi connectivity index (χ1) is 26.0. The van der Waals surface area contributed by atoms with E-state index in [1.165, 1.54) is 82.4 Å². The molecule has 0 aliphatic carbocycles. The summed E-state index contributed by atoms with van der Waals surface area (Å²) >= 11 is 0. The van der Waals surface area contributed by atoms with E-state index in [-0.39, 0.29) is 23.6 Å². The first-order valence-electron chi connectivity index (χ1n) is 16.3. The topological polar surface area (TPSA) is 354 Å². The van der Waals surface area contributed by atoms with Gasteiger partial charge in [0.25, 0.3) is 36.4 Å². The predicted molar refractivity (Wildman–Crippen MR) is 213 cm³/mol. The minimum absolute atomic E-state index is 0.225. The maximum absolute atomic E-state index is 10.3. The van der Waals surface area contributed by atoms with E-state index in [2.05, 4.69) is 14.2 Å². The number of carboxylic acids is 4. The van der Waals surface area contributed by atoms with Crippen LogP contribution in [0, 0.1) is 23.0 Å². The Morgan fingerprint density at radius 1 is 0.404 bits per heavy atom. The van der Waals surface area contributed by atoms with Gasteiger partial charge in [0.1, 0.15) is 0 Å².